The van der Waals surface area contributed by atoms with E-state index in [1.165, 1.54) is 0 Å². The second kappa shape index (κ2) is 7.33. The Kier molecular flexibility index (Phi) is 6.08. The number of hydrogen-bond donors (Lipinski definition) is 2. The summed E-state index contributed by atoms with van der Waals surface area (Å²) in [5.74, 6) is 5.95. The lowest BCUT2D eigenvalue weighted by Crippen LogP contribution is -2.23. The lowest BCUT2D eigenvalue weighted by atomic mass is 9.97. The van der Waals surface area contributed by atoms with Gasteiger partial charge in [-0.25, -0.2) is 0 Å². The van der Waals surface area contributed by atoms with Crippen LogP contribution in [0, 0.1) is 11.8 Å². The van der Waals surface area contributed by atoms with E-state index in [0.717, 1.165) is 24.0 Å². The van der Waals surface area contributed by atoms with Gasteiger partial charge in [0.2, 0.25) is 0 Å². The van der Waals surface area contributed by atoms with Gasteiger partial charge >= 0.3 is 0 Å². The van der Waals surface area contributed by atoms with Crippen molar-refractivity contribution in [3.05, 3.63) is 35.4 Å². The summed E-state index contributed by atoms with van der Waals surface area (Å²) in [6, 6.07) is 7.62. The minimum atomic E-state index is -0.905. The molecule has 0 heterocycles. The van der Waals surface area contributed by atoms with E-state index in [2.05, 4.69) is 18.8 Å². The monoisotopic (exact) mass is 260 g/mol. The van der Waals surface area contributed by atoms with Crippen LogP contribution in [-0.4, -0.2) is 15.8 Å². The van der Waals surface area contributed by atoms with Gasteiger partial charge in [0.1, 0.15) is 5.60 Å². The zero-order valence-corrected chi connectivity index (χ0v) is 12.1. The van der Waals surface area contributed by atoms with E-state index in [1.807, 2.05) is 38.1 Å². The largest absolute Gasteiger partial charge is 0.388 e. The summed E-state index contributed by atoms with van der Waals surface area (Å²) >= 11 is 0. The van der Waals surface area contributed by atoms with Crippen molar-refractivity contribution in [2.75, 3.05) is 0 Å². The van der Waals surface area contributed by atoms with Crippen LogP contribution in [0.1, 0.15) is 63.7 Å². The summed E-state index contributed by atoms with van der Waals surface area (Å²) in [6.07, 6.45) is 2.51. The van der Waals surface area contributed by atoms with Crippen molar-refractivity contribution in [3.63, 3.8) is 0 Å². The third kappa shape index (κ3) is 4.70. The molecule has 0 saturated heterocycles. The van der Waals surface area contributed by atoms with Crippen molar-refractivity contribution < 1.29 is 10.2 Å². The molecule has 1 atom stereocenters. The van der Waals surface area contributed by atoms with Crippen LogP contribution in [0.15, 0.2) is 24.3 Å². The molecule has 0 aliphatic heterocycles. The highest BCUT2D eigenvalue weighted by molar-refractivity contribution is 5.39. The molecule has 1 rings (SSSR count). The molecule has 0 amide bonds. The van der Waals surface area contributed by atoms with E-state index in [1.54, 1.807) is 0 Å². The minimum absolute atomic E-state index is 0.428. The second-order valence-corrected chi connectivity index (χ2v) is 4.92. The fourth-order valence-corrected chi connectivity index (χ4v) is 1.88. The molecule has 1 aromatic rings. The Morgan fingerprint density at radius 1 is 1.21 bits per heavy atom. The van der Waals surface area contributed by atoms with Crippen LogP contribution in [0.25, 0.3) is 0 Å². The number of rotatable bonds is 5. The summed E-state index contributed by atoms with van der Waals surface area (Å²) in [6.45, 7) is 5.91. The minimum Gasteiger partial charge on any atom is -0.388 e. The Balaban J connectivity index is 2.92. The molecule has 1 aromatic carbocycles. The van der Waals surface area contributed by atoms with E-state index in [-0.39, 0.29) is 0 Å². The summed E-state index contributed by atoms with van der Waals surface area (Å²) in [5.41, 5.74) is 0.830. The topological polar surface area (TPSA) is 40.5 Å². The first-order valence-corrected chi connectivity index (χ1v) is 7.08. The van der Waals surface area contributed by atoms with Gasteiger partial charge in [-0.05, 0) is 37.0 Å². The molecule has 0 spiro atoms. The third-order valence-electron chi connectivity index (χ3n) is 3.44. The number of benzene rings is 1. The van der Waals surface area contributed by atoms with Gasteiger partial charge in [0.15, 0.2) is 0 Å². The van der Waals surface area contributed by atoms with E-state index in [4.69, 9.17) is 0 Å². The van der Waals surface area contributed by atoms with Crippen LogP contribution in [0.3, 0.4) is 0 Å². The summed E-state index contributed by atoms with van der Waals surface area (Å²) in [7, 11) is 0. The number of aliphatic hydroxyl groups excluding tert-OH is 1. The molecule has 2 nitrogen and oxygen atoms in total. The van der Waals surface area contributed by atoms with Gasteiger partial charge in [0.05, 0.1) is 6.10 Å². The molecule has 0 aromatic heterocycles. The highest BCUT2D eigenvalue weighted by Crippen LogP contribution is 2.19. The molecule has 0 radical (unpaired) electrons. The maximum absolute atomic E-state index is 10.1. The zero-order chi connectivity index (χ0) is 14.3. The molecule has 0 aliphatic rings. The molecule has 104 valence electrons. The van der Waals surface area contributed by atoms with Gasteiger partial charge in [0, 0.05) is 5.56 Å². The predicted octanol–water partition coefficient (Wildman–Crippen LogP) is 3.42. The van der Waals surface area contributed by atoms with E-state index in [0.29, 0.717) is 12.8 Å². The molecule has 2 heteroatoms. The first kappa shape index (κ1) is 15.8. The number of aliphatic hydroxyl groups is 2. The SMILES string of the molecule is CCCC(O)c1cccc(C#CC(O)(CC)CC)c1. The van der Waals surface area contributed by atoms with Crippen LogP contribution in [0.2, 0.25) is 0 Å². The Labute approximate surface area is 116 Å². The van der Waals surface area contributed by atoms with Crippen LogP contribution >= 0.6 is 0 Å². The quantitative estimate of drug-likeness (QED) is 0.796. The van der Waals surface area contributed by atoms with E-state index < -0.39 is 11.7 Å². The molecule has 2 N–H and O–H groups in total. The smallest absolute Gasteiger partial charge is 0.125 e. The zero-order valence-electron chi connectivity index (χ0n) is 12.1. The maximum Gasteiger partial charge on any atom is 0.125 e. The Morgan fingerprint density at radius 3 is 2.47 bits per heavy atom. The Morgan fingerprint density at radius 2 is 1.89 bits per heavy atom. The Hall–Kier alpha value is -1.30. The number of hydrogen-bond acceptors (Lipinski definition) is 2. The van der Waals surface area contributed by atoms with Gasteiger partial charge in [-0.15, -0.1) is 0 Å². The van der Waals surface area contributed by atoms with Crippen molar-refractivity contribution in [3.8, 4) is 11.8 Å². The van der Waals surface area contributed by atoms with Crippen molar-refractivity contribution >= 4 is 0 Å². The summed E-state index contributed by atoms with van der Waals surface area (Å²) in [4.78, 5) is 0. The van der Waals surface area contributed by atoms with Gasteiger partial charge in [-0.3, -0.25) is 0 Å². The van der Waals surface area contributed by atoms with Gasteiger partial charge in [-0.1, -0.05) is 51.2 Å². The molecular formula is C17H24O2. The molecule has 0 bridgehead atoms. The standard InChI is InChI=1S/C17H24O2/c1-4-8-16(18)15-10-7-9-14(13-15)11-12-17(19,5-2)6-3/h7,9-10,13,16,18-19H,4-6,8H2,1-3H3. The normalized spacial score (nSPS) is 12.7. The van der Waals surface area contributed by atoms with E-state index in [9.17, 15) is 10.2 Å². The van der Waals surface area contributed by atoms with Crippen LogP contribution in [-0.2, 0) is 0 Å². The molecule has 0 aliphatic carbocycles. The molecule has 19 heavy (non-hydrogen) atoms. The summed E-state index contributed by atoms with van der Waals surface area (Å²) in [5, 5.41) is 20.1. The lowest BCUT2D eigenvalue weighted by Gasteiger charge is -2.17. The predicted molar refractivity (Wildman–Crippen MR) is 78.7 cm³/mol. The fraction of sp³-hybridized carbons (Fsp3) is 0.529. The van der Waals surface area contributed by atoms with Crippen LogP contribution in [0.4, 0.5) is 0 Å². The average molecular weight is 260 g/mol. The first-order valence-electron chi connectivity index (χ1n) is 7.08. The average Bonchev–Trinajstić information content (AvgIpc) is 2.45. The maximum atomic E-state index is 10.1. The molecular weight excluding hydrogens is 236 g/mol. The fourth-order valence-electron chi connectivity index (χ4n) is 1.88. The van der Waals surface area contributed by atoms with E-state index >= 15 is 0 Å². The van der Waals surface area contributed by atoms with Gasteiger partial charge in [-0.2, -0.15) is 0 Å². The highest BCUT2D eigenvalue weighted by atomic mass is 16.3. The first-order chi connectivity index (χ1) is 9.04. The van der Waals surface area contributed by atoms with Crippen LogP contribution in [0.5, 0.6) is 0 Å². The van der Waals surface area contributed by atoms with Crippen molar-refractivity contribution in [2.24, 2.45) is 0 Å². The van der Waals surface area contributed by atoms with Gasteiger partial charge in [0.25, 0.3) is 0 Å². The third-order valence-corrected chi connectivity index (χ3v) is 3.44. The van der Waals surface area contributed by atoms with Crippen molar-refractivity contribution in [1.82, 2.24) is 0 Å². The molecule has 0 saturated carbocycles. The Bertz CT molecular complexity index is 450. The van der Waals surface area contributed by atoms with Crippen molar-refractivity contribution in [2.45, 2.75) is 58.2 Å². The second-order valence-electron chi connectivity index (χ2n) is 4.92. The van der Waals surface area contributed by atoms with Crippen LogP contribution < -0.4 is 0 Å². The summed E-state index contributed by atoms with van der Waals surface area (Å²) < 4.78 is 0. The van der Waals surface area contributed by atoms with Crippen molar-refractivity contribution in [1.29, 1.82) is 0 Å². The highest BCUT2D eigenvalue weighted by Gasteiger charge is 2.17. The molecule has 0 fully saturated rings. The lowest BCUT2D eigenvalue weighted by molar-refractivity contribution is 0.0931. The molecule has 1 unspecified atom stereocenters. The van der Waals surface area contributed by atoms with Gasteiger partial charge < -0.3 is 10.2 Å².